The number of ketones is 1. The number of aromatic hydroxyl groups is 1. The second-order valence-electron chi connectivity index (χ2n) is 6.55. The number of nitrogens with zero attached hydrogens (tertiary/aromatic N) is 2. The zero-order valence-corrected chi connectivity index (χ0v) is 14.7. The van der Waals surface area contributed by atoms with E-state index in [0.717, 1.165) is 0 Å². The number of carbonyl (C=O) groups excluding carboxylic acids is 1. The number of para-hydroxylation sites is 1. The third-order valence-corrected chi connectivity index (χ3v) is 4.84. The van der Waals surface area contributed by atoms with Gasteiger partial charge in [-0.3, -0.25) is 4.79 Å². The normalized spacial score (nSPS) is 18.8. The van der Waals surface area contributed by atoms with Gasteiger partial charge in [0.2, 0.25) is 5.82 Å². The highest BCUT2D eigenvalue weighted by Gasteiger charge is 2.39. The first-order valence-electron chi connectivity index (χ1n) is 8.65. The molecule has 1 unspecified atom stereocenters. The maximum Gasteiger partial charge on any atom is 0.261 e. The summed E-state index contributed by atoms with van der Waals surface area (Å²) in [5.41, 5.74) is 0.600. The molecule has 2 aromatic carbocycles. The molecule has 0 spiro atoms. The number of hydrogen-bond acceptors (Lipinski definition) is 7. The number of rotatable bonds is 4. The molecule has 0 aliphatic carbocycles. The fraction of sp³-hybridized carbons (Fsp3) is 0.250. The molecule has 1 aromatic heterocycles. The van der Waals surface area contributed by atoms with Crippen LogP contribution in [0.1, 0.15) is 30.1 Å². The van der Waals surface area contributed by atoms with Crippen LogP contribution in [-0.4, -0.2) is 38.3 Å². The summed E-state index contributed by atoms with van der Waals surface area (Å²) in [6.07, 6.45) is 0.650. The number of ether oxygens (including phenoxy) is 1. The summed E-state index contributed by atoms with van der Waals surface area (Å²) in [4.78, 5) is 16.9. The van der Waals surface area contributed by atoms with Gasteiger partial charge in [-0.2, -0.15) is 4.98 Å². The molecule has 7 nitrogen and oxygen atoms in total. The highest BCUT2D eigenvalue weighted by atomic mass is 16.5. The van der Waals surface area contributed by atoms with Crippen LogP contribution in [-0.2, 0) is 0 Å². The van der Waals surface area contributed by atoms with Crippen LogP contribution in [0.25, 0.3) is 22.8 Å². The zero-order chi connectivity index (χ0) is 19.0. The molecular formula is C20H18N2O5. The number of aliphatic hydroxyl groups is 1. The van der Waals surface area contributed by atoms with E-state index >= 15 is 0 Å². The predicted molar refractivity (Wildman–Crippen MR) is 96.5 cm³/mol. The third kappa shape index (κ3) is 2.96. The fourth-order valence-electron chi connectivity index (χ4n) is 3.13. The van der Waals surface area contributed by atoms with Gasteiger partial charge in [-0.15, -0.1) is 0 Å². The summed E-state index contributed by atoms with van der Waals surface area (Å²) in [6, 6.07) is 11.7. The number of fused-ring (bicyclic) bond motifs is 1. The maximum absolute atomic E-state index is 12.6. The molecule has 0 radical (unpaired) electrons. The first-order valence-corrected chi connectivity index (χ1v) is 8.65. The van der Waals surface area contributed by atoms with Gasteiger partial charge >= 0.3 is 0 Å². The van der Waals surface area contributed by atoms with Crippen LogP contribution in [0, 0.1) is 0 Å². The molecule has 1 aliphatic heterocycles. The van der Waals surface area contributed by atoms with Gasteiger partial charge in [0.15, 0.2) is 5.78 Å². The number of aromatic nitrogens is 2. The Balaban J connectivity index is 1.69. The molecule has 0 amide bonds. The summed E-state index contributed by atoms with van der Waals surface area (Å²) < 4.78 is 11.2. The number of carbonyl (C=O) groups is 1. The van der Waals surface area contributed by atoms with Crippen molar-refractivity contribution >= 4 is 5.78 Å². The predicted octanol–water partition coefficient (Wildman–Crippen LogP) is 3.22. The third-order valence-electron chi connectivity index (χ3n) is 4.84. The number of phenols is 1. The maximum atomic E-state index is 12.6. The van der Waals surface area contributed by atoms with E-state index in [1.54, 1.807) is 36.4 Å². The second-order valence-corrected chi connectivity index (χ2v) is 6.55. The highest BCUT2D eigenvalue weighted by molar-refractivity contribution is 6.01. The zero-order valence-electron chi connectivity index (χ0n) is 14.7. The minimum atomic E-state index is -0.865. The quantitative estimate of drug-likeness (QED) is 0.730. The Morgan fingerprint density at radius 1 is 1.19 bits per heavy atom. The van der Waals surface area contributed by atoms with Crippen LogP contribution in [0.3, 0.4) is 0 Å². The van der Waals surface area contributed by atoms with E-state index in [1.807, 2.05) is 6.92 Å². The van der Waals surface area contributed by atoms with Crippen molar-refractivity contribution in [3.8, 4) is 34.3 Å². The Kier molecular flexibility index (Phi) is 4.16. The molecule has 3 aromatic rings. The van der Waals surface area contributed by atoms with Gasteiger partial charge in [0.1, 0.15) is 17.1 Å². The summed E-state index contributed by atoms with van der Waals surface area (Å²) in [5.74, 6) is 0.877. The minimum absolute atomic E-state index is 0.0432. The summed E-state index contributed by atoms with van der Waals surface area (Å²) in [6.45, 7) is 1.66. The van der Waals surface area contributed by atoms with Gasteiger partial charge in [0, 0.05) is 5.56 Å². The highest BCUT2D eigenvalue weighted by Crippen LogP contribution is 2.37. The van der Waals surface area contributed by atoms with Crippen LogP contribution in [0.15, 0.2) is 47.0 Å². The molecule has 2 N–H and O–H groups in total. The number of phenolic OH excluding ortho intramolecular Hbond substituents is 1. The van der Waals surface area contributed by atoms with Crippen LogP contribution in [0.5, 0.6) is 11.5 Å². The van der Waals surface area contributed by atoms with E-state index in [2.05, 4.69) is 10.1 Å². The molecule has 0 fully saturated rings. The van der Waals surface area contributed by atoms with Gasteiger partial charge in [-0.25, -0.2) is 0 Å². The van der Waals surface area contributed by atoms with Gasteiger partial charge in [0.05, 0.1) is 24.2 Å². The molecule has 4 rings (SSSR count). The second kappa shape index (κ2) is 6.51. The minimum Gasteiger partial charge on any atom is -0.507 e. The Bertz CT molecular complexity index is 1010. The lowest BCUT2D eigenvalue weighted by molar-refractivity contribution is -0.00550. The molecule has 0 bridgehead atoms. The van der Waals surface area contributed by atoms with Crippen LogP contribution in [0.4, 0.5) is 0 Å². The van der Waals surface area contributed by atoms with Crippen molar-refractivity contribution < 1.29 is 24.3 Å². The number of Topliss-reactive ketones (excluding diaryl/α,β-unsaturated/α-hetero) is 1. The van der Waals surface area contributed by atoms with E-state index in [-0.39, 0.29) is 30.5 Å². The molecule has 0 saturated heterocycles. The molecule has 27 heavy (non-hydrogen) atoms. The lowest BCUT2D eigenvalue weighted by Gasteiger charge is -2.35. The Morgan fingerprint density at radius 2 is 2.00 bits per heavy atom. The van der Waals surface area contributed by atoms with Crippen molar-refractivity contribution in [3.05, 3.63) is 48.0 Å². The van der Waals surface area contributed by atoms with E-state index in [1.165, 1.54) is 6.07 Å². The van der Waals surface area contributed by atoms with Crippen molar-refractivity contribution in [3.63, 3.8) is 0 Å². The molecule has 1 atom stereocenters. The number of hydrogen-bond donors (Lipinski definition) is 2. The smallest absolute Gasteiger partial charge is 0.261 e. The molecule has 138 valence electrons. The number of aliphatic hydroxyl groups excluding tert-OH is 1. The average Bonchev–Trinajstić information content (AvgIpc) is 3.18. The van der Waals surface area contributed by atoms with Crippen LogP contribution in [0.2, 0.25) is 0 Å². The van der Waals surface area contributed by atoms with Gasteiger partial charge in [0.25, 0.3) is 5.89 Å². The first-order chi connectivity index (χ1) is 13.0. The van der Waals surface area contributed by atoms with Gasteiger partial charge in [-0.1, -0.05) is 24.2 Å². The van der Waals surface area contributed by atoms with E-state index in [4.69, 9.17) is 9.26 Å². The summed E-state index contributed by atoms with van der Waals surface area (Å²) in [5, 5.41) is 23.5. The molecule has 2 heterocycles. The van der Waals surface area contributed by atoms with Crippen LogP contribution < -0.4 is 4.74 Å². The Morgan fingerprint density at radius 3 is 2.74 bits per heavy atom. The van der Waals surface area contributed by atoms with E-state index in [9.17, 15) is 15.0 Å². The van der Waals surface area contributed by atoms with Crippen molar-refractivity contribution in [1.82, 2.24) is 10.1 Å². The van der Waals surface area contributed by atoms with E-state index in [0.29, 0.717) is 34.7 Å². The Labute approximate surface area is 155 Å². The van der Waals surface area contributed by atoms with Gasteiger partial charge < -0.3 is 19.5 Å². The van der Waals surface area contributed by atoms with E-state index < -0.39 is 5.60 Å². The van der Waals surface area contributed by atoms with Crippen molar-refractivity contribution in [2.45, 2.75) is 25.4 Å². The largest absolute Gasteiger partial charge is 0.507 e. The molecule has 7 heteroatoms. The lowest BCUT2D eigenvalue weighted by Crippen LogP contribution is -2.44. The summed E-state index contributed by atoms with van der Waals surface area (Å²) >= 11 is 0. The summed E-state index contributed by atoms with van der Waals surface area (Å²) in [7, 11) is 0. The lowest BCUT2D eigenvalue weighted by atomic mass is 9.88. The first kappa shape index (κ1) is 17.2. The van der Waals surface area contributed by atoms with Crippen LogP contribution >= 0.6 is 0 Å². The average molecular weight is 366 g/mol. The molecule has 1 aliphatic rings. The van der Waals surface area contributed by atoms with Crippen molar-refractivity contribution in [2.75, 3.05) is 6.61 Å². The number of benzene rings is 2. The fourth-order valence-corrected chi connectivity index (χ4v) is 3.13. The monoisotopic (exact) mass is 366 g/mol. The Hall–Kier alpha value is -3.19. The van der Waals surface area contributed by atoms with Gasteiger partial charge in [-0.05, 0) is 36.8 Å². The van der Waals surface area contributed by atoms with Crippen molar-refractivity contribution in [1.29, 1.82) is 0 Å². The standard InChI is InChI=1S/C20H18N2O5/c1-2-20(11-23)10-16(25)14-9-12(7-8-17(14)26-20)18-21-19(27-22-18)13-5-3-4-6-15(13)24/h3-9,23-24H,2,10-11H2,1H3. The van der Waals surface area contributed by atoms with Crippen molar-refractivity contribution in [2.24, 2.45) is 0 Å². The SMILES string of the molecule is CCC1(CO)CC(=O)c2cc(-c3noc(-c4ccccc4O)n3)ccc2O1. The molecule has 0 saturated carbocycles. The molecular weight excluding hydrogens is 348 g/mol. The topological polar surface area (TPSA) is 106 Å².